The van der Waals surface area contributed by atoms with Crippen LogP contribution < -0.4 is 5.32 Å². The molecule has 0 amide bonds. The third-order valence-electron chi connectivity index (χ3n) is 3.86. The summed E-state index contributed by atoms with van der Waals surface area (Å²) >= 11 is 0. The van der Waals surface area contributed by atoms with Gasteiger partial charge in [-0.15, -0.1) is 0 Å². The number of likely N-dealkylation sites (N-methyl/N-ethyl adjacent to an activating group) is 1. The van der Waals surface area contributed by atoms with Gasteiger partial charge in [0.2, 0.25) is 0 Å². The Labute approximate surface area is 118 Å². The van der Waals surface area contributed by atoms with Crippen LogP contribution in [0.3, 0.4) is 0 Å². The van der Waals surface area contributed by atoms with Crippen LogP contribution in [0.1, 0.15) is 18.9 Å². The molecule has 6 heteroatoms. The Morgan fingerprint density at radius 2 is 2.30 bits per heavy atom. The zero-order chi connectivity index (χ0) is 14.7. The molecule has 20 heavy (non-hydrogen) atoms. The van der Waals surface area contributed by atoms with Gasteiger partial charge >= 0.3 is 0 Å². The number of hydrogen-bond donors (Lipinski definition) is 1. The summed E-state index contributed by atoms with van der Waals surface area (Å²) in [6.45, 7) is 3.65. The summed E-state index contributed by atoms with van der Waals surface area (Å²) in [6.07, 6.45) is 1.27. The molecule has 2 unspecified atom stereocenters. The van der Waals surface area contributed by atoms with Gasteiger partial charge in [0.25, 0.3) is 5.69 Å². The molecule has 0 aromatic heterocycles. The average Bonchev–Trinajstić information content (AvgIpc) is 2.84. The summed E-state index contributed by atoms with van der Waals surface area (Å²) in [5.41, 5.74) is 1.72. The molecular weight excluding hydrogens is 258 g/mol. The number of nitrogens with zero attached hydrogens (tertiary/aromatic N) is 2. The minimum atomic E-state index is -0.369. The number of ether oxygens (including phenoxy) is 1. The first-order chi connectivity index (χ1) is 9.52. The molecule has 1 saturated heterocycles. The second kappa shape index (κ2) is 6.19. The zero-order valence-electron chi connectivity index (χ0n) is 12.1. The van der Waals surface area contributed by atoms with Crippen LogP contribution >= 0.6 is 0 Å². The van der Waals surface area contributed by atoms with Crippen molar-refractivity contribution in [3.63, 3.8) is 0 Å². The van der Waals surface area contributed by atoms with E-state index in [9.17, 15) is 10.1 Å². The summed E-state index contributed by atoms with van der Waals surface area (Å²) in [5, 5.41) is 13.8. The van der Waals surface area contributed by atoms with E-state index in [2.05, 4.69) is 24.2 Å². The van der Waals surface area contributed by atoms with Gasteiger partial charge in [-0.1, -0.05) is 6.07 Å². The van der Waals surface area contributed by atoms with E-state index < -0.39 is 0 Å². The van der Waals surface area contributed by atoms with Crippen molar-refractivity contribution in [1.29, 1.82) is 0 Å². The highest BCUT2D eigenvalue weighted by molar-refractivity contribution is 5.62. The fourth-order valence-electron chi connectivity index (χ4n) is 2.75. The van der Waals surface area contributed by atoms with Crippen LogP contribution in [0.4, 0.5) is 11.4 Å². The van der Waals surface area contributed by atoms with Crippen LogP contribution in [0.2, 0.25) is 0 Å². The lowest BCUT2D eigenvalue weighted by Gasteiger charge is -2.26. The maximum Gasteiger partial charge on any atom is 0.292 e. The fraction of sp³-hybridized carbons (Fsp3) is 0.571. The molecule has 0 bridgehead atoms. The minimum Gasteiger partial charge on any atom is -0.383 e. The highest BCUT2D eigenvalue weighted by atomic mass is 16.6. The van der Waals surface area contributed by atoms with Gasteiger partial charge in [0.15, 0.2) is 0 Å². The van der Waals surface area contributed by atoms with Crippen molar-refractivity contribution < 1.29 is 9.66 Å². The maximum absolute atomic E-state index is 10.9. The van der Waals surface area contributed by atoms with Crippen LogP contribution in [-0.4, -0.2) is 42.7 Å². The number of anilines is 1. The van der Waals surface area contributed by atoms with Crippen LogP contribution in [-0.2, 0) is 11.3 Å². The standard InChI is InChI=1S/C14H21N3O3/c1-10-13(6-7-20-10)16(3)9-11-4-5-14(17(18)19)12(8-11)15-2/h4-5,8,10,13,15H,6-7,9H2,1-3H3. The lowest BCUT2D eigenvalue weighted by molar-refractivity contribution is -0.384. The molecule has 1 aromatic rings. The molecule has 2 rings (SSSR count). The summed E-state index contributed by atoms with van der Waals surface area (Å²) in [4.78, 5) is 12.8. The first-order valence-electron chi connectivity index (χ1n) is 6.80. The molecule has 2 atom stereocenters. The summed E-state index contributed by atoms with van der Waals surface area (Å²) in [7, 11) is 3.76. The Kier molecular flexibility index (Phi) is 4.57. The Morgan fingerprint density at radius 3 is 2.85 bits per heavy atom. The van der Waals surface area contributed by atoms with Crippen LogP contribution in [0, 0.1) is 10.1 Å². The number of benzene rings is 1. The Balaban J connectivity index is 2.11. The fourth-order valence-corrected chi connectivity index (χ4v) is 2.75. The van der Waals surface area contributed by atoms with Gasteiger partial charge < -0.3 is 10.1 Å². The van der Waals surface area contributed by atoms with E-state index in [-0.39, 0.29) is 16.7 Å². The van der Waals surface area contributed by atoms with E-state index in [0.717, 1.165) is 25.1 Å². The van der Waals surface area contributed by atoms with Crippen LogP contribution in [0.15, 0.2) is 18.2 Å². The molecule has 0 saturated carbocycles. The lowest BCUT2D eigenvalue weighted by atomic mass is 10.1. The minimum absolute atomic E-state index is 0.108. The molecule has 0 aliphatic carbocycles. The van der Waals surface area contributed by atoms with E-state index in [0.29, 0.717) is 11.7 Å². The van der Waals surface area contributed by atoms with E-state index in [4.69, 9.17) is 4.74 Å². The molecule has 0 radical (unpaired) electrons. The Hall–Kier alpha value is -1.66. The predicted octanol–water partition coefficient (Wildman–Crippen LogP) is 2.25. The first kappa shape index (κ1) is 14.7. The van der Waals surface area contributed by atoms with Crippen molar-refractivity contribution in [2.75, 3.05) is 26.0 Å². The van der Waals surface area contributed by atoms with Crippen molar-refractivity contribution in [2.24, 2.45) is 0 Å². The van der Waals surface area contributed by atoms with Crippen molar-refractivity contribution >= 4 is 11.4 Å². The molecule has 1 aliphatic rings. The van der Waals surface area contributed by atoms with Crippen molar-refractivity contribution in [1.82, 2.24) is 4.90 Å². The zero-order valence-corrected chi connectivity index (χ0v) is 12.1. The second-order valence-electron chi connectivity index (χ2n) is 5.21. The monoisotopic (exact) mass is 279 g/mol. The number of nitro groups is 1. The lowest BCUT2D eigenvalue weighted by Crippen LogP contribution is -2.36. The van der Waals surface area contributed by atoms with Gasteiger partial charge in [-0.2, -0.15) is 0 Å². The van der Waals surface area contributed by atoms with Gasteiger partial charge in [-0.3, -0.25) is 15.0 Å². The highest BCUT2D eigenvalue weighted by Crippen LogP contribution is 2.26. The SMILES string of the molecule is CNc1cc(CN(C)C2CCOC2C)ccc1[N+](=O)[O-]. The summed E-state index contributed by atoms with van der Waals surface area (Å²) in [5.74, 6) is 0. The second-order valence-corrected chi connectivity index (χ2v) is 5.21. The van der Waals surface area contributed by atoms with E-state index in [1.165, 1.54) is 0 Å². The first-order valence-corrected chi connectivity index (χ1v) is 6.80. The Bertz CT molecular complexity index is 493. The topological polar surface area (TPSA) is 67.6 Å². The van der Waals surface area contributed by atoms with Crippen LogP contribution in [0.5, 0.6) is 0 Å². The molecule has 1 heterocycles. The summed E-state index contributed by atoms with van der Waals surface area (Å²) in [6, 6.07) is 5.62. The number of nitro benzene ring substituents is 1. The molecule has 1 fully saturated rings. The number of hydrogen-bond acceptors (Lipinski definition) is 5. The van der Waals surface area contributed by atoms with Crippen LogP contribution in [0.25, 0.3) is 0 Å². The van der Waals surface area contributed by atoms with Gasteiger partial charge in [0.1, 0.15) is 5.69 Å². The quantitative estimate of drug-likeness (QED) is 0.661. The number of nitrogens with one attached hydrogen (secondary N) is 1. The molecule has 110 valence electrons. The molecule has 0 spiro atoms. The molecular formula is C14H21N3O3. The maximum atomic E-state index is 10.9. The Morgan fingerprint density at radius 1 is 1.55 bits per heavy atom. The van der Waals surface area contributed by atoms with Gasteiger partial charge in [-0.05, 0) is 32.0 Å². The number of rotatable bonds is 5. The van der Waals surface area contributed by atoms with Gasteiger partial charge in [-0.25, -0.2) is 0 Å². The predicted molar refractivity (Wildman–Crippen MR) is 77.9 cm³/mol. The van der Waals surface area contributed by atoms with E-state index in [1.54, 1.807) is 13.1 Å². The molecule has 1 aromatic carbocycles. The van der Waals surface area contributed by atoms with Crippen molar-refractivity contribution in [2.45, 2.75) is 32.0 Å². The van der Waals surface area contributed by atoms with E-state index in [1.807, 2.05) is 12.1 Å². The molecule has 1 N–H and O–H groups in total. The largest absolute Gasteiger partial charge is 0.383 e. The molecule has 6 nitrogen and oxygen atoms in total. The average molecular weight is 279 g/mol. The van der Waals surface area contributed by atoms with Crippen molar-refractivity contribution in [3.05, 3.63) is 33.9 Å². The van der Waals surface area contributed by atoms with Gasteiger partial charge in [0.05, 0.1) is 11.0 Å². The van der Waals surface area contributed by atoms with E-state index >= 15 is 0 Å². The highest BCUT2D eigenvalue weighted by Gasteiger charge is 2.27. The molecule has 1 aliphatic heterocycles. The normalized spacial score (nSPS) is 22.2. The third-order valence-corrected chi connectivity index (χ3v) is 3.86. The smallest absolute Gasteiger partial charge is 0.292 e. The third kappa shape index (κ3) is 3.08. The van der Waals surface area contributed by atoms with Crippen molar-refractivity contribution in [3.8, 4) is 0 Å². The summed E-state index contributed by atoms with van der Waals surface area (Å²) < 4.78 is 5.58. The van der Waals surface area contributed by atoms with Gasteiger partial charge in [0, 0.05) is 32.3 Å².